The molecular weight excluding hydrogens is 368 g/mol. The van der Waals surface area contributed by atoms with E-state index in [4.69, 9.17) is 9.15 Å². The minimum atomic E-state index is -0.491. The van der Waals surface area contributed by atoms with E-state index in [-0.39, 0.29) is 11.0 Å². The normalized spacial score (nSPS) is 12.0. The lowest BCUT2D eigenvalue weighted by Gasteiger charge is -2.07. The third-order valence-electron chi connectivity index (χ3n) is 4.04. The van der Waals surface area contributed by atoms with Crippen LogP contribution in [-0.2, 0) is 4.74 Å². The Balaban J connectivity index is 1.77. The zero-order chi connectivity index (χ0) is 19.6. The highest BCUT2D eigenvalue weighted by Crippen LogP contribution is 2.29. The number of aromatic amines is 1. The summed E-state index contributed by atoms with van der Waals surface area (Å²) in [6, 6.07) is 3.58. The molecule has 8 nitrogen and oxygen atoms in total. The van der Waals surface area contributed by atoms with E-state index in [2.05, 4.69) is 20.2 Å². The number of hydrogen-bond donors (Lipinski definition) is 1. The zero-order valence-corrected chi connectivity index (χ0v) is 16.1. The molecule has 0 saturated heterocycles. The molecule has 0 aliphatic rings. The van der Waals surface area contributed by atoms with Crippen LogP contribution in [-0.4, -0.2) is 44.3 Å². The first-order valence-electron chi connectivity index (χ1n) is 8.14. The number of pyridine rings is 1. The molecule has 0 aliphatic carbocycles. The number of Topliss-reactive ketones (excluding diaryl/α,β-unsaturated/α-hetero) is 1. The van der Waals surface area contributed by atoms with Crippen LogP contribution in [0.25, 0.3) is 11.5 Å². The van der Waals surface area contributed by atoms with Gasteiger partial charge in [-0.05, 0) is 38.5 Å². The molecule has 27 heavy (non-hydrogen) atoms. The molecule has 0 radical (unpaired) electrons. The van der Waals surface area contributed by atoms with E-state index in [1.54, 1.807) is 39.2 Å². The van der Waals surface area contributed by atoms with Crippen LogP contribution in [0, 0.1) is 13.8 Å². The number of hydrogen-bond acceptors (Lipinski definition) is 8. The average Bonchev–Trinajstić information content (AvgIpc) is 3.25. The van der Waals surface area contributed by atoms with Crippen molar-refractivity contribution in [1.82, 2.24) is 20.2 Å². The van der Waals surface area contributed by atoms with E-state index < -0.39 is 11.2 Å². The average molecular weight is 386 g/mol. The lowest BCUT2D eigenvalue weighted by Crippen LogP contribution is -2.15. The Hall–Kier alpha value is -2.94. The van der Waals surface area contributed by atoms with Gasteiger partial charge in [0.2, 0.25) is 5.89 Å². The van der Waals surface area contributed by atoms with Crippen LogP contribution in [0.3, 0.4) is 0 Å². The summed E-state index contributed by atoms with van der Waals surface area (Å²) >= 11 is 1.15. The third kappa shape index (κ3) is 3.77. The van der Waals surface area contributed by atoms with Crippen molar-refractivity contribution in [3.63, 3.8) is 0 Å². The van der Waals surface area contributed by atoms with Gasteiger partial charge in [-0.2, -0.15) is 0 Å². The van der Waals surface area contributed by atoms with Gasteiger partial charge in [-0.15, -0.1) is 10.2 Å². The molecule has 0 spiro atoms. The number of nitrogens with zero attached hydrogens (tertiary/aromatic N) is 3. The van der Waals surface area contributed by atoms with Crippen molar-refractivity contribution < 1.29 is 18.7 Å². The van der Waals surface area contributed by atoms with Gasteiger partial charge < -0.3 is 14.1 Å². The Kier molecular flexibility index (Phi) is 5.41. The lowest BCUT2D eigenvalue weighted by molar-refractivity contribution is 0.0599. The van der Waals surface area contributed by atoms with E-state index in [0.29, 0.717) is 34.0 Å². The summed E-state index contributed by atoms with van der Waals surface area (Å²) in [5.41, 5.74) is 2.62. The molecular formula is C18H18N4O4S. The SMILES string of the molecule is COC(=O)c1c(C)[nH]c(C(=O)[C@H](C)Sc2nnc(-c3cccnc3)o2)c1C. The molecule has 0 fully saturated rings. The molecule has 3 rings (SSSR count). The van der Waals surface area contributed by atoms with Gasteiger partial charge in [-0.3, -0.25) is 9.78 Å². The van der Waals surface area contributed by atoms with E-state index in [0.717, 1.165) is 11.8 Å². The number of ether oxygens (including phenoxy) is 1. The van der Waals surface area contributed by atoms with Crippen LogP contribution in [0.1, 0.15) is 39.0 Å². The lowest BCUT2D eigenvalue weighted by atomic mass is 10.1. The molecule has 0 saturated carbocycles. The first kappa shape index (κ1) is 18.8. The summed E-state index contributed by atoms with van der Waals surface area (Å²) in [6.07, 6.45) is 3.27. The number of ketones is 1. The smallest absolute Gasteiger partial charge is 0.339 e. The number of aryl methyl sites for hydroxylation is 1. The van der Waals surface area contributed by atoms with Crippen LogP contribution in [0.15, 0.2) is 34.2 Å². The van der Waals surface area contributed by atoms with Crippen LogP contribution < -0.4 is 0 Å². The summed E-state index contributed by atoms with van der Waals surface area (Å²) in [5.74, 6) is -0.305. The predicted octanol–water partition coefficient (Wildman–Crippen LogP) is 3.23. The third-order valence-corrected chi connectivity index (χ3v) is 4.97. The minimum absolute atomic E-state index is 0.170. The summed E-state index contributed by atoms with van der Waals surface area (Å²) in [4.78, 5) is 31.7. The van der Waals surface area contributed by atoms with Crippen molar-refractivity contribution in [1.29, 1.82) is 0 Å². The summed E-state index contributed by atoms with van der Waals surface area (Å²) in [5, 5.41) is 7.75. The van der Waals surface area contributed by atoms with Gasteiger partial charge in [-0.1, -0.05) is 11.8 Å². The fourth-order valence-electron chi connectivity index (χ4n) is 2.68. The molecule has 1 N–H and O–H groups in total. The van der Waals surface area contributed by atoms with E-state index >= 15 is 0 Å². The van der Waals surface area contributed by atoms with Crippen molar-refractivity contribution in [2.45, 2.75) is 31.2 Å². The molecule has 140 valence electrons. The zero-order valence-electron chi connectivity index (χ0n) is 15.3. The maximum Gasteiger partial charge on any atom is 0.339 e. The highest BCUT2D eigenvalue weighted by Gasteiger charge is 2.27. The number of thioether (sulfide) groups is 1. The predicted molar refractivity (Wildman–Crippen MR) is 98.8 cm³/mol. The van der Waals surface area contributed by atoms with Crippen LogP contribution in [0.2, 0.25) is 0 Å². The molecule has 0 aromatic carbocycles. The second kappa shape index (κ2) is 7.75. The second-order valence-corrected chi connectivity index (χ2v) is 7.15. The van der Waals surface area contributed by atoms with Gasteiger partial charge >= 0.3 is 5.97 Å². The Morgan fingerprint density at radius 2 is 2.07 bits per heavy atom. The Bertz CT molecular complexity index is 981. The number of carbonyl (C=O) groups excluding carboxylic acids is 2. The molecule has 3 aromatic heterocycles. The van der Waals surface area contributed by atoms with Gasteiger partial charge in [0.15, 0.2) is 5.78 Å². The Labute approximate surface area is 159 Å². The summed E-state index contributed by atoms with van der Waals surface area (Å²) in [7, 11) is 1.31. The summed E-state index contributed by atoms with van der Waals surface area (Å²) in [6.45, 7) is 5.19. The fourth-order valence-corrected chi connectivity index (χ4v) is 3.42. The highest BCUT2D eigenvalue weighted by atomic mass is 32.2. The van der Waals surface area contributed by atoms with Gasteiger partial charge in [0.05, 0.1) is 29.2 Å². The maximum atomic E-state index is 12.8. The second-order valence-electron chi connectivity index (χ2n) is 5.86. The van der Waals surface area contributed by atoms with Crippen molar-refractivity contribution in [3.05, 3.63) is 47.0 Å². The fraction of sp³-hybridized carbons (Fsp3) is 0.278. The van der Waals surface area contributed by atoms with E-state index in [1.807, 2.05) is 6.07 Å². The number of methoxy groups -OCH3 is 1. The number of rotatable bonds is 6. The number of carbonyl (C=O) groups is 2. The van der Waals surface area contributed by atoms with Gasteiger partial charge in [0, 0.05) is 18.1 Å². The Morgan fingerprint density at radius 3 is 2.74 bits per heavy atom. The molecule has 3 aromatic rings. The highest BCUT2D eigenvalue weighted by molar-refractivity contribution is 8.00. The first-order chi connectivity index (χ1) is 12.9. The topological polar surface area (TPSA) is 111 Å². The first-order valence-corrected chi connectivity index (χ1v) is 9.02. The molecule has 1 atom stereocenters. The molecule has 3 heterocycles. The largest absolute Gasteiger partial charge is 0.465 e. The number of H-pyrrole nitrogens is 1. The minimum Gasteiger partial charge on any atom is -0.465 e. The van der Waals surface area contributed by atoms with Crippen LogP contribution >= 0.6 is 11.8 Å². The van der Waals surface area contributed by atoms with Gasteiger partial charge in [-0.25, -0.2) is 4.79 Å². The van der Waals surface area contributed by atoms with E-state index in [1.165, 1.54) is 7.11 Å². The number of aromatic nitrogens is 4. The quantitative estimate of drug-likeness (QED) is 0.390. The van der Waals surface area contributed by atoms with Crippen LogP contribution in [0.5, 0.6) is 0 Å². The monoisotopic (exact) mass is 386 g/mol. The van der Waals surface area contributed by atoms with Gasteiger partial charge in [0.25, 0.3) is 5.22 Å². The van der Waals surface area contributed by atoms with Crippen molar-refractivity contribution in [3.8, 4) is 11.5 Å². The molecule has 0 aliphatic heterocycles. The number of esters is 1. The maximum absolute atomic E-state index is 12.8. The molecule has 0 bridgehead atoms. The Morgan fingerprint density at radius 1 is 1.30 bits per heavy atom. The number of nitrogens with one attached hydrogen (secondary N) is 1. The van der Waals surface area contributed by atoms with E-state index in [9.17, 15) is 9.59 Å². The molecule has 0 amide bonds. The van der Waals surface area contributed by atoms with Crippen molar-refractivity contribution in [2.24, 2.45) is 0 Å². The molecule has 9 heteroatoms. The standard InChI is InChI=1S/C18H18N4O4S/c1-9-13(17(24)25-4)10(2)20-14(9)15(23)11(3)27-18-22-21-16(26-18)12-6-5-7-19-8-12/h5-8,11,20H,1-4H3/t11-/m0/s1. The van der Waals surface area contributed by atoms with Crippen molar-refractivity contribution in [2.75, 3.05) is 7.11 Å². The molecule has 0 unspecified atom stereocenters. The van der Waals surface area contributed by atoms with Crippen molar-refractivity contribution >= 4 is 23.5 Å². The van der Waals surface area contributed by atoms with Crippen LogP contribution in [0.4, 0.5) is 0 Å². The summed E-state index contributed by atoms with van der Waals surface area (Å²) < 4.78 is 10.4. The van der Waals surface area contributed by atoms with Gasteiger partial charge in [0.1, 0.15) is 0 Å².